The van der Waals surface area contributed by atoms with Crippen molar-refractivity contribution in [2.75, 3.05) is 0 Å². The van der Waals surface area contributed by atoms with E-state index in [1.54, 1.807) is 16.5 Å². The van der Waals surface area contributed by atoms with Crippen molar-refractivity contribution in [3.05, 3.63) is 65.0 Å². The smallest absolute Gasteiger partial charge is 0.255 e. The van der Waals surface area contributed by atoms with Gasteiger partial charge in [0.15, 0.2) is 0 Å². The molecular weight excluding hydrogens is 186 g/mol. The topological polar surface area (TPSA) is 21.5 Å². The van der Waals surface area contributed by atoms with Crippen molar-refractivity contribution in [3.63, 3.8) is 0 Å². The molecule has 1 aromatic carbocycles. The van der Waals surface area contributed by atoms with E-state index in [1.165, 1.54) is 0 Å². The minimum absolute atomic E-state index is 0.0179. The van der Waals surface area contributed by atoms with Crippen LogP contribution in [0.2, 0.25) is 0 Å². The molecule has 0 aliphatic heterocycles. The summed E-state index contributed by atoms with van der Waals surface area (Å²) in [6.45, 7) is 0. The quantitative estimate of drug-likeness (QED) is 0.505. The molecule has 0 spiro atoms. The SMILES string of the molecule is O=c1cccc2ccc3ccccc3n12. The van der Waals surface area contributed by atoms with E-state index in [0.717, 1.165) is 16.4 Å². The highest BCUT2D eigenvalue weighted by Gasteiger charge is 1.99. The number of benzene rings is 1. The molecule has 3 rings (SSSR count). The second-order valence-electron chi connectivity index (χ2n) is 3.52. The van der Waals surface area contributed by atoms with Crippen LogP contribution < -0.4 is 5.56 Å². The third kappa shape index (κ3) is 1.15. The predicted octanol–water partition coefficient (Wildman–Crippen LogP) is 2.45. The van der Waals surface area contributed by atoms with E-state index in [4.69, 9.17) is 0 Å². The van der Waals surface area contributed by atoms with Crippen molar-refractivity contribution in [1.82, 2.24) is 4.40 Å². The van der Waals surface area contributed by atoms with E-state index in [-0.39, 0.29) is 5.56 Å². The van der Waals surface area contributed by atoms with E-state index in [1.807, 2.05) is 42.5 Å². The van der Waals surface area contributed by atoms with Gasteiger partial charge in [-0.15, -0.1) is 0 Å². The summed E-state index contributed by atoms with van der Waals surface area (Å²) in [5.74, 6) is 0. The number of hydrogen-bond acceptors (Lipinski definition) is 1. The van der Waals surface area contributed by atoms with Crippen molar-refractivity contribution in [3.8, 4) is 0 Å². The summed E-state index contributed by atoms with van der Waals surface area (Å²) in [4.78, 5) is 11.8. The minimum atomic E-state index is 0.0179. The van der Waals surface area contributed by atoms with Gasteiger partial charge in [-0.2, -0.15) is 0 Å². The van der Waals surface area contributed by atoms with Crippen molar-refractivity contribution < 1.29 is 0 Å². The molecule has 0 bridgehead atoms. The van der Waals surface area contributed by atoms with Crippen LogP contribution in [0.25, 0.3) is 16.4 Å². The fourth-order valence-corrected chi connectivity index (χ4v) is 1.90. The highest BCUT2D eigenvalue weighted by Crippen LogP contribution is 2.14. The van der Waals surface area contributed by atoms with Gasteiger partial charge in [0.25, 0.3) is 5.56 Å². The van der Waals surface area contributed by atoms with Gasteiger partial charge < -0.3 is 0 Å². The fourth-order valence-electron chi connectivity index (χ4n) is 1.90. The van der Waals surface area contributed by atoms with Crippen molar-refractivity contribution >= 4 is 16.4 Å². The number of rotatable bonds is 0. The molecule has 15 heavy (non-hydrogen) atoms. The predicted molar refractivity (Wildman–Crippen MR) is 61.2 cm³/mol. The minimum Gasteiger partial charge on any atom is -0.277 e. The summed E-state index contributed by atoms with van der Waals surface area (Å²) in [6.07, 6.45) is 0. The van der Waals surface area contributed by atoms with E-state index in [9.17, 15) is 4.79 Å². The number of fused-ring (bicyclic) bond motifs is 3. The summed E-state index contributed by atoms with van der Waals surface area (Å²) in [5.41, 5.74) is 1.91. The van der Waals surface area contributed by atoms with Crippen molar-refractivity contribution in [1.29, 1.82) is 0 Å². The van der Waals surface area contributed by atoms with E-state index < -0.39 is 0 Å². The lowest BCUT2D eigenvalue weighted by Gasteiger charge is -2.04. The van der Waals surface area contributed by atoms with E-state index in [2.05, 4.69) is 0 Å². The standard InChI is InChI=1S/C13H9NO/c15-13-7-3-5-11-9-8-10-4-1-2-6-12(10)14(11)13/h1-9H. The monoisotopic (exact) mass is 195 g/mol. The maximum absolute atomic E-state index is 11.8. The Morgan fingerprint density at radius 3 is 2.60 bits per heavy atom. The molecule has 0 N–H and O–H groups in total. The molecular formula is C13H9NO. The molecule has 0 fully saturated rings. The van der Waals surface area contributed by atoms with E-state index in [0.29, 0.717) is 0 Å². The molecule has 0 unspecified atom stereocenters. The van der Waals surface area contributed by atoms with Gasteiger partial charge in [-0.25, -0.2) is 0 Å². The zero-order chi connectivity index (χ0) is 10.3. The molecule has 2 heteroatoms. The third-order valence-electron chi connectivity index (χ3n) is 2.60. The van der Waals surface area contributed by atoms with Gasteiger partial charge in [-0.3, -0.25) is 9.20 Å². The first kappa shape index (κ1) is 8.24. The van der Waals surface area contributed by atoms with E-state index >= 15 is 0 Å². The first-order valence-corrected chi connectivity index (χ1v) is 4.86. The molecule has 0 saturated heterocycles. The van der Waals surface area contributed by atoms with Gasteiger partial charge in [-0.1, -0.05) is 30.3 Å². The first-order chi connectivity index (χ1) is 7.36. The average molecular weight is 195 g/mol. The van der Waals surface area contributed by atoms with Crippen LogP contribution in [0, 0.1) is 0 Å². The number of aromatic nitrogens is 1. The van der Waals surface area contributed by atoms with Crippen LogP contribution in [0.4, 0.5) is 0 Å². The van der Waals surface area contributed by atoms with Crippen molar-refractivity contribution in [2.45, 2.75) is 0 Å². The largest absolute Gasteiger partial charge is 0.277 e. The lowest BCUT2D eigenvalue weighted by molar-refractivity contribution is 1.15. The summed E-state index contributed by atoms with van der Waals surface area (Å²) in [5, 5.41) is 1.08. The zero-order valence-corrected chi connectivity index (χ0v) is 8.05. The van der Waals surface area contributed by atoms with Crippen LogP contribution in [-0.2, 0) is 0 Å². The van der Waals surface area contributed by atoms with Crippen LogP contribution in [0.3, 0.4) is 0 Å². The summed E-state index contributed by atoms with van der Waals surface area (Å²) >= 11 is 0. The Morgan fingerprint density at radius 1 is 0.800 bits per heavy atom. The number of pyridine rings is 2. The molecule has 0 atom stereocenters. The molecule has 2 heterocycles. The molecule has 0 amide bonds. The Kier molecular flexibility index (Phi) is 1.62. The Balaban J connectivity index is 2.70. The van der Waals surface area contributed by atoms with Gasteiger partial charge in [0.2, 0.25) is 0 Å². The average Bonchev–Trinajstić information content (AvgIpc) is 2.29. The summed E-state index contributed by atoms with van der Waals surface area (Å²) in [7, 11) is 0. The number of hydrogen-bond donors (Lipinski definition) is 0. The highest BCUT2D eigenvalue weighted by molar-refractivity contribution is 5.82. The van der Waals surface area contributed by atoms with Crippen LogP contribution in [0.1, 0.15) is 0 Å². The first-order valence-electron chi connectivity index (χ1n) is 4.86. The second kappa shape index (κ2) is 2.95. The number of nitrogens with zero attached hydrogens (tertiary/aromatic N) is 1. The lowest BCUT2D eigenvalue weighted by atomic mass is 10.2. The molecule has 2 aromatic heterocycles. The van der Waals surface area contributed by atoms with Gasteiger partial charge in [0.1, 0.15) is 0 Å². The Morgan fingerprint density at radius 2 is 1.67 bits per heavy atom. The van der Waals surface area contributed by atoms with Crippen LogP contribution in [0.15, 0.2) is 59.4 Å². The Labute approximate surface area is 86.4 Å². The molecule has 0 saturated carbocycles. The molecule has 0 aliphatic carbocycles. The summed E-state index contributed by atoms with van der Waals surface area (Å²) in [6, 6.07) is 17.2. The molecule has 0 radical (unpaired) electrons. The van der Waals surface area contributed by atoms with Crippen molar-refractivity contribution in [2.24, 2.45) is 0 Å². The second-order valence-corrected chi connectivity index (χ2v) is 3.52. The van der Waals surface area contributed by atoms with Gasteiger partial charge >= 0.3 is 0 Å². The number of para-hydroxylation sites is 1. The van der Waals surface area contributed by atoms with Gasteiger partial charge in [0, 0.05) is 11.6 Å². The third-order valence-corrected chi connectivity index (χ3v) is 2.60. The van der Waals surface area contributed by atoms with Gasteiger partial charge in [-0.05, 0) is 23.6 Å². The summed E-state index contributed by atoms with van der Waals surface area (Å²) < 4.78 is 1.73. The normalized spacial score (nSPS) is 10.9. The van der Waals surface area contributed by atoms with Crippen LogP contribution in [0.5, 0.6) is 0 Å². The molecule has 0 aliphatic rings. The molecule has 72 valence electrons. The van der Waals surface area contributed by atoms with Crippen LogP contribution in [-0.4, -0.2) is 4.40 Å². The maximum Gasteiger partial charge on any atom is 0.255 e. The van der Waals surface area contributed by atoms with Crippen LogP contribution >= 0.6 is 0 Å². The Bertz CT molecular complexity index is 697. The lowest BCUT2D eigenvalue weighted by Crippen LogP contribution is -2.11. The van der Waals surface area contributed by atoms with Gasteiger partial charge in [0.05, 0.1) is 5.52 Å². The molecule has 3 aromatic rings. The molecule has 2 nitrogen and oxygen atoms in total. The highest BCUT2D eigenvalue weighted by atomic mass is 16.1. The zero-order valence-electron chi connectivity index (χ0n) is 8.05. The Hall–Kier alpha value is -2.09. The fraction of sp³-hybridized carbons (Fsp3) is 0. The maximum atomic E-state index is 11.8.